The van der Waals surface area contributed by atoms with Crippen LogP contribution in [0.2, 0.25) is 0 Å². The lowest BCUT2D eigenvalue weighted by molar-refractivity contribution is -0.129. The number of thioether (sulfide) groups is 1. The maximum atomic E-state index is 12.5. The van der Waals surface area contributed by atoms with Gasteiger partial charge in [-0.1, -0.05) is 13.3 Å². The molecule has 0 unspecified atom stereocenters. The third kappa shape index (κ3) is 4.78. The monoisotopic (exact) mass is 378 g/mol. The van der Waals surface area contributed by atoms with Crippen LogP contribution >= 0.6 is 11.8 Å². The molecule has 0 aliphatic carbocycles. The third-order valence-electron chi connectivity index (χ3n) is 3.75. The molecule has 0 aromatic heterocycles. The van der Waals surface area contributed by atoms with E-state index in [0.29, 0.717) is 23.6 Å². The van der Waals surface area contributed by atoms with E-state index < -0.39 is 11.1 Å². The molecule has 1 aliphatic rings. The van der Waals surface area contributed by atoms with Crippen molar-refractivity contribution in [2.24, 2.45) is 0 Å². The molecule has 3 amide bonds. The van der Waals surface area contributed by atoms with Crippen molar-refractivity contribution in [3.8, 4) is 11.5 Å². The van der Waals surface area contributed by atoms with Crippen LogP contribution in [0, 0.1) is 0 Å². The van der Waals surface area contributed by atoms with Crippen molar-refractivity contribution in [1.82, 2.24) is 10.2 Å². The van der Waals surface area contributed by atoms with Crippen LogP contribution in [0.4, 0.5) is 4.79 Å². The number of carbonyl (C=O) groups excluding carboxylic acids is 3. The molecule has 0 atom stereocenters. The van der Waals surface area contributed by atoms with Crippen molar-refractivity contribution in [2.75, 3.05) is 27.3 Å². The van der Waals surface area contributed by atoms with E-state index in [9.17, 15) is 14.4 Å². The van der Waals surface area contributed by atoms with Gasteiger partial charge < -0.3 is 14.8 Å². The molecular weight excluding hydrogens is 356 g/mol. The van der Waals surface area contributed by atoms with Gasteiger partial charge >= 0.3 is 0 Å². The first kappa shape index (κ1) is 19.8. The van der Waals surface area contributed by atoms with E-state index in [1.807, 2.05) is 6.92 Å². The summed E-state index contributed by atoms with van der Waals surface area (Å²) in [5.41, 5.74) is 0.616. The fourth-order valence-corrected chi connectivity index (χ4v) is 3.16. The highest BCUT2D eigenvalue weighted by molar-refractivity contribution is 8.18. The van der Waals surface area contributed by atoms with Gasteiger partial charge in [-0.25, -0.2) is 0 Å². The molecular formula is C18H22N2O5S. The van der Waals surface area contributed by atoms with Crippen LogP contribution in [0.3, 0.4) is 0 Å². The van der Waals surface area contributed by atoms with Crippen molar-refractivity contribution in [2.45, 2.75) is 19.8 Å². The summed E-state index contributed by atoms with van der Waals surface area (Å²) in [7, 11) is 3.06. The van der Waals surface area contributed by atoms with E-state index >= 15 is 0 Å². The highest BCUT2D eigenvalue weighted by Crippen LogP contribution is 2.34. The fourth-order valence-electron chi connectivity index (χ4n) is 2.33. The summed E-state index contributed by atoms with van der Waals surface area (Å²) in [6.07, 6.45) is 3.37. The predicted molar refractivity (Wildman–Crippen MR) is 100 cm³/mol. The van der Waals surface area contributed by atoms with Crippen molar-refractivity contribution < 1.29 is 23.9 Å². The molecule has 1 aliphatic heterocycles. The molecule has 1 aromatic rings. The molecule has 1 N–H and O–H groups in total. The van der Waals surface area contributed by atoms with Crippen molar-refractivity contribution >= 4 is 34.9 Å². The zero-order valence-corrected chi connectivity index (χ0v) is 15.9. The second kappa shape index (κ2) is 9.28. The fraction of sp³-hybridized carbons (Fsp3) is 0.389. The number of rotatable bonds is 8. The molecule has 2 rings (SSSR count). The number of amides is 3. The van der Waals surface area contributed by atoms with Crippen LogP contribution in [0.25, 0.3) is 6.08 Å². The number of ether oxygens (including phenoxy) is 2. The highest BCUT2D eigenvalue weighted by Gasteiger charge is 2.36. The molecule has 0 spiro atoms. The highest BCUT2D eigenvalue weighted by atomic mass is 32.2. The van der Waals surface area contributed by atoms with Gasteiger partial charge in [0.2, 0.25) is 5.91 Å². The van der Waals surface area contributed by atoms with Crippen molar-refractivity contribution in [3.63, 3.8) is 0 Å². The van der Waals surface area contributed by atoms with Gasteiger partial charge in [-0.05, 0) is 42.5 Å². The van der Waals surface area contributed by atoms with E-state index in [1.165, 1.54) is 14.2 Å². The normalized spacial score (nSPS) is 15.5. The molecule has 0 bridgehead atoms. The van der Waals surface area contributed by atoms with Crippen LogP contribution in [0.15, 0.2) is 23.1 Å². The summed E-state index contributed by atoms with van der Waals surface area (Å²) in [5.74, 6) is 0.318. The molecule has 140 valence electrons. The Bertz CT molecular complexity index is 732. The first-order chi connectivity index (χ1) is 12.5. The molecule has 1 saturated heterocycles. The lowest BCUT2D eigenvalue weighted by Gasteiger charge is -2.12. The van der Waals surface area contributed by atoms with Crippen LogP contribution in [0.5, 0.6) is 11.5 Å². The zero-order valence-electron chi connectivity index (χ0n) is 15.0. The molecule has 0 radical (unpaired) electrons. The smallest absolute Gasteiger partial charge is 0.294 e. The minimum Gasteiger partial charge on any atom is -0.497 e. The third-order valence-corrected chi connectivity index (χ3v) is 4.66. The number of hydrogen-bond donors (Lipinski definition) is 1. The lowest BCUT2D eigenvalue weighted by Crippen LogP contribution is -2.39. The topological polar surface area (TPSA) is 84.9 Å². The van der Waals surface area contributed by atoms with Crippen LogP contribution < -0.4 is 14.8 Å². The van der Waals surface area contributed by atoms with Gasteiger partial charge in [-0.15, -0.1) is 0 Å². The van der Waals surface area contributed by atoms with Crippen LogP contribution in [0.1, 0.15) is 25.3 Å². The SMILES string of the molecule is CCCCNC(=O)CN1C(=O)S/C(=C\c2cc(OC)ccc2OC)C1=O. The Morgan fingerprint density at radius 2 is 2.04 bits per heavy atom. The summed E-state index contributed by atoms with van der Waals surface area (Å²) in [4.78, 5) is 37.7. The predicted octanol–water partition coefficient (Wildman–Crippen LogP) is 2.66. The van der Waals surface area contributed by atoms with Crippen LogP contribution in [-0.2, 0) is 9.59 Å². The number of methoxy groups -OCH3 is 2. The molecule has 7 nitrogen and oxygen atoms in total. The first-order valence-electron chi connectivity index (χ1n) is 8.24. The number of hydrogen-bond acceptors (Lipinski definition) is 6. The Balaban J connectivity index is 2.15. The Morgan fingerprint density at radius 3 is 2.69 bits per heavy atom. The van der Waals surface area contributed by atoms with Crippen molar-refractivity contribution in [1.29, 1.82) is 0 Å². The number of benzene rings is 1. The second-order valence-electron chi connectivity index (χ2n) is 5.58. The molecule has 26 heavy (non-hydrogen) atoms. The maximum absolute atomic E-state index is 12.5. The number of nitrogens with one attached hydrogen (secondary N) is 1. The minimum absolute atomic E-state index is 0.239. The second-order valence-corrected chi connectivity index (χ2v) is 6.57. The van der Waals surface area contributed by atoms with Gasteiger partial charge in [-0.2, -0.15) is 0 Å². The number of carbonyl (C=O) groups is 3. The molecule has 1 fully saturated rings. The quantitative estimate of drug-likeness (QED) is 0.553. The Morgan fingerprint density at radius 1 is 1.27 bits per heavy atom. The van der Waals surface area contributed by atoms with E-state index in [4.69, 9.17) is 9.47 Å². The van der Waals surface area contributed by atoms with Gasteiger partial charge in [0.25, 0.3) is 11.1 Å². The zero-order chi connectivity index (χ0) is 19.1. The number of unbranched alkanes of at least 4 members (excludes halogenated alkanes) is 1. The molecule has 1 heterocycles. The van der Waals surface area contributed by atoms with Gasteiger partial charge in [0, 0.05) is 12.1 Å². The molecule has 0 saturated carbocycles. The van der Waals surface area contributed by atoms with Crippen LogP contribution in [-0.4, -0.2) is 49.3 Å². The van der Waals surface area contributed by atoms with E-state index in [2.05, 4.69) is 5.32 Å². The van der Waals surface area contributed by atoms with Gasteiger partial charge in [0.1, 0.15) is 18.0 Å². The standard InChI is InChI=1S/C18H22N2O5S/c1-4-5-8-19-16(21)11-20-17(22)15(26-18(20)23)10-12-9-13(24-2)6-7-14(12)25-3/h6-7,9-10H,4-5,8,11H2,1-3H3,(H,19,21)/b15-10-. The Hall–Kier alpha value is -2.48. The number of nitrogens with zero attached hydrogens (tertiary/aromatic N) is 1. The van der Waals surface area contributed by atoms with E-state index in [1.54, 1.807) is 24.3 Å². The van der Waals surface area contributed by atoms with Crippen molar-refractivity contribution in [3.05, 3.63) is 28.7 Å². The van der Waals surface area contributed by atoms with E-state index in [0.717, 1.165) is 29.5 Å². The summed E-state index contributed by atoms with van der Waals surface area (Å²) in [5, 5.41) is 2.24. The molecule has 1 aromatic carbocycles. The maximum Gasteiger partial charge on any atom is 0.294 e. The average molecular weight is 378 g/mol. The summed E-state index contributed by atoms with van der Waals surface area (Å²) in [6, 6.07) is 5.17. The van der Waals surface area contributed by atoms with E-state index in [-0.39, 0.29) is 17.4 Å². The summed E-state index contributed by atoms with van der Waals surface area (Å²) in [6.45, 7) is 2.27. The Kier molecular flexibility index (Phi) is 7.08. The Labute approximate surface area is 156 Å². The molecule has 8 heteroatoms. The number of imide groups is 1. The van der Waals surface area contributed by atoms with Gasteiger partial charge in [0.05, 0.1) is 19.1 Å². The lowest BCUT2D eigenvalue weighted by atomic mass is 10.1. The summed E-state index contributed by atoms with van der Waals surface area (Å²) >= 11 is 0.802. The largest absolute Gasteiger partial charge is 0.497 e. The first-order valence-corrected chi connectivity index (χ1v) is 9.05. The average Bonchev–Trinajstić information content (AvgIpc) is 2.89. The van der Waals surface area contributed by atoms with Gasteiger partial charge in [0.15, 0.2) is 0 Å². The summed E-state index contributed by atoms with van der Waals surface area (Å²) < 4.78 is 10.5. The minimum atomic E-state index is -0.490. The van der Waals surface area contributed by atoms with Gasteiger partial charge in [-0.3, -0.25) is 19.3 Å².